The minimum atomic E-state index is -0.819. The first-order chi connectivity index (χ1) is 32.0. The van der Waals surface area contributed by atoms with Gasteiger partial charge in [-0.15, -0.1) is 0 Å². The van der Waals surface area contributed by atoms with Gasteiger partial charge in [0.25, 0.3) is 0 Å². The summed E-state index contributed by atoms with van der Waals surface area (Å²) in [6.45, 7) is 6.42. The maximum atomic E-state index is 12.8. The van der Waals surface area contributed by atoms with Crippen molar-refractivity contribution in [2.45, 2.75) is 258 Å². The molecule has 0 N–H and O–H groups in total. The second kappa shape index (κ2) is 53.2. The van der Waals surface area contributed by atoms with E-state index < -0.39 is 6.10 Å². The lowest BCUT2D eigenvalue weighted by Crippen LogP contribution is -2.30. The van der Waals surface area contributed by atoms with Gasteiger partial charge in [0.15, 0.2) is 6.10 Å². The summed E-state index contributed by atoms with van der Waals surface area (Å²) in [5.41, 5.74) is 0. The van der Waals surface area contributed by atoms with Crippen molar-refractivity contribution >= 4 is 17.9 Å². The number of hydrogen-bond acceptors (Lipinski definition) is 6. The highest BCUT2D eigenvalue weighted by molar-refractivity contribution is 5.71. The first-order valence-corrected chi connectivity index (χ1v) is 27.1. The van der Waals surface area contributed by atoms with Crippen LogP contribution in [0.2, 0.25) is 0 Å². The zero-order valence-corrected chi connectivity index (χ0v) is 42.5. The van der Waals surface area contributed by atoms with E-state index in [2.05, 4.69) is 106 Å². The van der Waals surface area contributed by atoms with Crippen molar-refractivity contribution in [2.75, 3.05) is 13.2 Å². The maximum Gasteiger partial charge on any atom is 0.306 e. The summed E-state index contributed by atoms with van der Waals surface area (Å²) in [6.07, 6.45) is 68.7. The average molecular weight is 905 g/mol. The minimum absolute atomic E-state index is 0.109. The number of carbonyl (C=O) groups is 3. The molecule has 0 heterocycles. The first-order valence-electron chi connectivity index (χ1n) is 27.1. The highest BCUT2D eigenvalue weighted by atomic mass is 16.6. The van der Waals surface area contributed by atoms with Crippen molar-refractivity contribution in [3.05, 3.63) is 85.1 Å². The van der Waals surface area contributed by atoms with Crippen molar-refractivity contribution in [2.24, 2.45) is 0 Å². The van der Waals surface area contributed by atoms with Gasteiger partial charge in [0.05, 0.1) is 0 Å². The van der Waals surface area contributed by atoms with E-state index in [1.54, 1.807) is 0 Å². The predicted octanol–water partition coefficient (Wildman–Crippen LogP) is 18.0. The Kier molecular flexibility index (Phi) is 50.4. The molecular formula is C59H100O6. The normalized spacial score (nSPS) is 12.7. The van der Waals surface area contributed by atoms with Crippen molar-refractivity contribution in [1.82, 2.24) is 0 Å². The van der Waals surface area contributed by atoms with Crippen LogP contribution >= 0.6 is 0 Å². The third-order valence-electron chi connectivity index (χ3n) is 11.4. The summed E-state index contributed by atoms with van der Waals surface area (Å²) in [5, 5.41) is 0. The van der Waals surface area contributed by atoms with E-state index in [4.69, 9.17) is 14.2 Å². The Hall–Kier alpha value is -3.41. The lowest BCUT2D eigenvalue weighted by Gasteiger charge is -2.18. The molecule has 0 aliphatic rings. The summed E-state index contributed by atoms with van der Waals surface area (Å²) in [5.74, 6) is -1.00. The van der Waals surface area contributed by atoms with Gasteiger partial charge in [-0.1, -0.05) is 228 Å². The molecule has 0 rings (SSSR count). The molecular weight excluding hydrogens is 805 g/mol. The van der Waals surface area contributed by atoms with Crippen LogP contribution in [-0.4, -0.2) is 37.2 Å². The number of unbranched alkanes of at least 4 members (excludes halogenated alkanes) is 23. The van der Waals surface area contributed by atoms with Crippen LogP contribution in [0.3, 0.4) is 0 Å². The molecule has 1 unspecified atom stereocenters. The number of rotatable bonds is 48. The van der Waals surface area contributed by atoms with Crippen LogP contribution < -0.4 is 0 Å². The average Bonchev–Trinajstić information content (AvgIpc) is 3.30. The van der Waals surface area contributed by atoms with Crippen LogP contribution in [0.1, 0.15) is 252 Å². The molecule has 372 valence electrons. The maximum absolute atomic E-state index is 12.8. The quantitative estimate of drug-likeness (QED) is 0.0262. The highest BCUT2D eigenvalue weighted by Gasteiger charge is 2.19. The third-order valence-corrected chi connectivity index (χ3v) is 11.4. The van der Waals surface area contributed by atoms with Crippen LogP contribution in [-0.2, 0) is 28.6 Å². The Morgan fingerprint density at radius 1 is 0.323 bits per heavy atom. The fourth-order valence-electron chi connectivity index (χ4n) is 7.33. The second-order valence-electron chi connectivity index (χ2n) is 17.8. The Balaban J connectivity index is 4.46. The van der Waals surface area contributed by atoms with Crippen molar-refractivity contribution in [3.8, 4) is 0 Å². The fraction of sp³-hybridized carbons (Fsp3) is 0.712. The molecule has 0 spiro atoms. The summed E-state index contributed by atoms with van der Waals surface area (Å²) >= 11 is 0. The molecule has 0 aliphatic carbocycles. The molecule has 65 heavy (non-hydrogen) atoms. The van der Waals surface area contributed by atoms with E-state index in [-0.39, 0.29) is 37.5 Å². The Morgan fingerprint density at radius 2 is 0.615 bits per heavy atom. The second-order valence-corrected chi connectivity index (χ2v) is 17.8. The van der Waals surface area contributed by atoms with Crippen molar-refractivity contribution in [3.63, 3.8) is 0 Å². The molecule has 6 heteroatoms. The number of ether oxygens (including phenoxy) is 3. The molecule has 0 aromatic rings. The third kappa shape index (κ3) is 51.4. The molecule has 6 nitrogen and oxygen atoms in total. The smallest absolute Gasteiger partial charge is 0.306 e. The predicted molar refractivity (Wildman–Crippen MR) is 279 cm³/mol. The van der Waals surface area contributed by atoms with Crippen LogP contribution in [0.4, 0.5) is 0 Å². The van der Waals surface area contributed by atoms with Gasteiger partial charge in [-0.05, 0) is 89.9 Å². The number of carbonyl (C=O) groups excluding carboxylic acids is 3. The Bertz CT molecular complexity index is 1270. The molecule has 0 saturated heterocycles. The van der Waals surface area contributed by atoms with Crippen molar-refractivity contribution < 1.29 is 28.6 Å². The Labute approximate surface area is 401 Å². The van der Waals surface area contributed by atoms with E-state index in [9.17, 15) is 14.4 Å². The highest BCUT2D eigenvalue weighted by Crippen LogP contribution is 2.15. The van der Waals surface area contributed by atoms with Gasteiger partial charge in [0.1, 0.15) is 13.2 Å². The van der Waals surface area contributed by atoms with E-state index >= 15 is 0 Å². The van der Waals surface area contributed by atoms with Gasteiger partial charge in [-0.2, -0.15) is 0 Å². The van der Waals surface area contributed by atoms with Gasteiger partial charge in [0, 0.05) is 19.3 Å². The number of allylic oxidation sites excluding steroid dienone is 14. The number of hydrogen-bond donors (Lipinski definition) is 0. The summed E-state index contributed by atoms with van der Waals surface area (Å²) in [6, 6.07) is 0. The Morgan fingerprint density at radius 3 is 1.02 bits per heavy atom. The van der Waals surface area contributed by atoms with E-state index in [1.807, 2.05) is 0 Å². The molecule has 0 saturated carbocycles. The molecule has 0 aromatic carbocycles. The van der Waals surface area contributed by atoms with E-state index in [0.717, 1.165) is 83.5 Å². The lowest BCUT2D eigenvalue weighted by atomic mass is 10.0. The molecule has 0 aliphatic heterocycles. The van der Waals surface area contributed by atoms with E-state index in [1.165, 1.54) is 122 Å². The van der Waals surface area contributed by atoms with Gasteiger partial charge in [-0.25, -0.2) is 0 Å². The zero-order valence-electron chi connectivity index (χ0n) is 42.5. The SMILES string of the molecule is CC/C=C\C/C=C\C/C=C\CCCCC(=O)OCC(COC(=O)CCCCCCCCCCCCCCCCCCCC)OC(=O)CCC/C=C\C/C=C\C/C=C\C/C=C\CCCCC. The molecule has 0 amide bonds. The zero-order chi connectivity index (χ0) is 47.2. The molecule has 0 bridgehead atoms. The summed E-state index contributed by atoms with van der Waals surface area (Å²) in [7, 11) is 0. The van der Waals surface area contributed by atoms with Crippen LogP contribution in [0, 0.1) is 0 Å². The first kappa shape index (κ1) is 61.6. The molecule has 0 aromatic heterocycles. The molecule has 1 atom stereocenters. The van der Waals surface area contributed by atoms with Crippen LogP contribution in [0.5, 0.6) is 0 Å². The van der Waals surface area contributed by atoms with Gasteiger partial charge in [0.2, 0.25) is 0 Å². The van der Waals surface area contributed by atoms with E-state index in [0.29, 0.717) is 19.3 Å². The largest absolute Gasteiger partial charge is 0.462 e. The monoisotopic (exact) mass is 905 g/mol. The standard InChI is InChI=1S/C59H100O6/c1-4-7-10-13-16-19-22-25-27-29-31-32-34-37-40-43-46-49-52-58(61)64-55-56(54-63-57(60)51-48-45-42-39-36-24-21-18-15-12-9-6-3)65-59(62)53-50-47-44-41-38-35-33-30-28-26-23-20-17-14-11-8-5-2/h9,12,17-18,20-21,26,28,33,35-36,39,41,44,56H,4-8,10-11,13-16,19,22-25,27,29-32,34,37-38,40,42-43,45-55H2,1-3H3/b12-9-,20-17-,21-18-,28-26-,35-33-,39-36-,44-41-. The van der Waals surface area contributed by atoms with Crippen LogP contribution in [0.15, 0.2) is 85.1 Å². The van der Waals surface area contributed by atoms with Crippen molar-refractivity contribution in [1.29, 1.82) is 0 Å². The lowest BCUT2D eigenvalue weighted by molar-refractivity contribution is -0.167. The molecule has 0 radical (unpaired) electrons. The summed E-state index contributed by atoms with van der Waals surface area (Å²) < 4.78 is 16.7. The minimum Gasteiger partial charge on any atom is -0.462 e. The number of esters is 3. The van der Waals surface area contributed by atoms with Gasteiger partial charge >= 0.3 is 17.9 Å². The molecule has 0 fully saturated rings. The van der Waals surface area contributed by atoms with Gasteiger partial charge < -0.3 is 14.2 Å². The van der Waals surface area contributed by atoms with Crippen LogP contribution in [0.25, 0.3) is 0 Å². The summed E-state index contributed by atoms with van der Waals surface area (Å²) in [4.78, 5) is 38.0. The fourth-order valence-corrected chi connectivity index (χ4v) is 7.33. The van der Waals surface area contributed by atoms with Gasteiger partial charge in [-0.3, -0.25) is 14.4 Å². The topological polar surface area (TPSA) is 78.9 Å².